The molecule has 2 aromatic rings. The van der Waals surface area contributed by atoms with Crippen LogP contribution in [-0.4, -0.2) is 20.9 Å². The predicted octanol–water partition coefficient (Wildman–Crippen LogP) is 2.97. The van der Waals surface area contributed by atoms with E-state index in [0.29, 0.717) is 23.5 Å². The van der Waals surface area contributed by atoms with Gasteiger partial charge < -0.3 is 5.11 Å². The quantitative estimate of drug-likeness (QED) is 0.921. The van der Waals surface area contributed by atoms with E-state index in [1.807, 2.05) is 6.92 Å². The van der Waals surface area contributed by atoms with Crippen molar-refractivity contribution in [2.75, 3.05) is 0 Å². The maximum Gasteiger partial charge on any atom is 0.339 e. The summed E-state index contributed by atoms with van der Waals surface area (Å²) in [4.78, 5) is 11.3. The van der Waals surface area contributed by atoms with Gasteiger partial charge in [0.1, 0.15) is 11.4 Å². The zero-order valence-corrected chi connectivity index (χ0v) is 10.9. The third-order valence-corrected chi connectivity index (χ3v) is 2.96. The van der Waals surface area contributed by atoms with Crippen LogP contribution in [0.3, 0.4) is 0 Å². The van der Waals surface area contributed by atoms with Crippen LogP contribution in [0.1, 0.15) is 35.1 Å². The number of carbonyl (C=O) groups is 1. The fourth-order valence-electron chi connectivity index (χ4n) is 2.08. The van der Waals surface area contributed by atoms with Gasteiger partial charge in [-0.3, -0.25) is 0 Å². The highest BCUT2D eigenvalue weighted by atomic mass is 19.1. The molecule has 0 aliphatic rings. The molecule has 0 amide bonds. The van der Waals surface area contributed by atoms with Crippen LogP contribution >= 0.6 is 0 Å². The Morgan fingerprint density at radius 2 is 2.00 bits per heavy atom. The molecule has 0 saturated heterocycles. The number of halogens is 1. The Hall–Kier alpha value is -2.17. The molecule has 19 heavy (non-hydrogen) atoms. The minimum absolute atomic E-state index is 0.242. The van der Waals surface area contributed by atoms with Crippen molar-refractivity contribution in [3.8, 4) is 5.69 Å². The number of aromatic nitrogens is 2. The van der Waals surface area contributed by atoms with Crippen LogP contribution in [0.25, 0.3) is 5.69 Å². The van der Waals surface area contributed by atoms with Crippen LogP contribution in [-0.2, 0) is 6.42 Å². The monoisotopic (exact) mass is 262 g/mol. The van der Waals surface area contributed by atoms with Gasteiger partial charge in [-0.1, -0.05) is 13.3 Å². The van der Waals surface area contributed by atoms with Crippen molar-refractivity contribution in [3.63, 3.8) is 0 Å². The van der Waals surface area contributed by atoms with E-state index in [1.165, 1.54) is 12.1 Å². The second-order valence-electron chi connectivity index (χ2n) is 4.35. The van der Waals surface area contributed by atoms with E-state index >= 15 is 0 Å². The third kappa shape index (κ3) is 2.50. The fraction of sp³-hybridized carbons (Fsp3) is 0.286. The Morgan fingerprint density at radius 1 is 1.37 bits per heavy atom. The van der Waals surface area contributed by atoms with E-state index in [0.717, 1.165) is 6.42 Å². The van der Waals surface area contributed by atoms with Crippen LogP contribution in [0.15, 0.2) is 24.3 Å². The van der Waals surface area contributed by atoms with E-state index < -0.39 is 5.97 Å². The van der Waals surface area contributed by atoms with Gasteiger partial charge in [0.05, 0.1) is 17.1 Å². The molecule has 0 saturated carbocycles. The van der Waals surface area contributed by atoms with E-state index in [-0.39, 0.29) is 11.4 Å². The summed E-state index contributed by atoms with van der Waals surface area (Å²) in [5, 5.41) is 13.6. The molecule has 0 aliphatic carbocycles. The van der Waals surface area contributed by atoms with Crippen molar-refractivity contribution in [3.05, 3.63) is 47.0 Å². The SMILES string of the molecule is CCCc1nn(-c2ccc(F)cc2)c(C)c1C(=O)O. The largest absolute Gasteiger partial charge is 0.478 e. The summed E-state index contributed by atoms with van der Waals surface area (Å²) in [5.74, 6) is -1.31. The highest BCUT2D eigenvalue weighted by molar-refractivity contribution is 5.90. The van der Waals surface area contributed by atoms with Gasteiger partial charge in [0, 0.05) is 0 Å². The molecule has 1 heterocycles. The minimum atomic E-state index is -0.977. The van der Waals surface area contributed by atoms with Gasteiger partial charge in [0.2, 0.25) is 0 Å². The Labute approximate surface area is 110 Å². The van der Waals surface area contributed by atoms with Crippen LogP contribution in [0.2, 0.25) is 0 Å². The Bertz CT molecular complexity index is 603. The molecule has 0 bridgehead atoms. The van der Waals surface area contributed by atoms with Gasteiger partial charge >= 0.3 is 5.97 Å². The molecule has 5 heteroatoms. The summed E-state index contributed by atoms with van der Waals surface area (Å²) in [6.45, 7) is 3.68. The second kappa shape index (κ2) is 5.22. The zero-order chi connectivity index (χ0) is 14.0. The minimum Gasteiger partial charge on any atom is -0.478 e. The number of aryl methyl sites for hydroxylation is 1. The van der Waals surface area contributed by atoms with Gasteiger partial charge in [-0.15, -0.1) is 0 Å². The summed E-state index contributed by atoms with van der Waals surface area (Å²) in [7, 11) is 0. The fourth-order valence-corrected chi connectivity index (χ4v) is 2.08. The number of carboxylic acid groups (broad SMARTS) is 1. The Kier molecular flexibility index (Phi) is 3.64. The third-order valence-electron chi connectivity index (χ3n) is 2.96. The molecule has 1 aromatic carbocycles. The van der Waals surface area contributed by atoms with E-state index in [9.17, 15) is 14.3 Å². The molecule has 100 valence electrons. The smallest absolute Gasteiger partial charge is 0.339 e. The van der Waals surface area contributed by atoms with Crippen molar-refractivity contribution in [1.29, 1.82) is 0 Å². The molecule has 0 fully saturated rings. The molecule has 1 aromatic heterocycles. The molecule has 0 radical (unpaired) electrons. The number of hydrogen-bond donors (Lipinski definition) is 1. The molecular formula is C14H15FN2O2. The molecule has 0 unspecified atom stereocenters. The van der Waals surface area contributed by atoms with Gasteiger partial charge in [-0.05, 0) is 37.6 Å². The van der Waals surface area contributed by atoms with E-state index in [2.05, 4.69) is 5.10 Å². The maximum absolute atomic E-state index is 12.9. The average Bonchev–Trinajstić information content (AvgIpc) is 2.68. The standard InChI is InChI=1S/C14H15FN2O2/c1-3-4-12-13(14(18)19)9(2)17(16-12)11-7-5-10(15)6-8-11/h5-8H,3-4H2,1-2H3,(H,18,19). The lowest BCUT2D eigenvalue weighted by atomic mass is 10.1. The van der Waals surface area contributed by atoms with Crippen LogP contribution < -0.4 is 0 Å². The molecule has 1 N–H and O–H groups in total. The molecule has 2 rings (SSSR count). The number of nitrogens with zero attached hydrogens (tertiary/aromatic N) is 2. The molecule has 0 atom stereocenters. The summed E-state index contributed by atoms with van der Waals surface area (Å²) < 4.78 is 14.5. The lowest BCUT2D eigenvalue weighted by molar-refractivity contribution is 0.0695. The van der Waals surface area contributed by atoms with Gasteiger partial charge in [-0.2, -0.15) is 5.10 Å². The number of benzene rings is 1. The highest BCUT2D eigenvalue weighted by Crippen LogP contribution is 2.19. The number of hydrogen-bond acceptors (Lipinski definition) is 2. The second-order valence-corrected chi connectivity index (χ2v) is 4.35. The Balaban J connectivity index is 2.55. The maximum atomic E-state index is 12.9. The number of rotatable bonds is 4. The highest BCUT2D eigenvalue weighted by Gasteiger charge is 2.20. The average molecular weight is 262 g/mol. The van der Waals surface area contributed by atoms with Gasteiger partial charge in [-0.25, -0.2) is 13.9 Å². The lowest BCUT2D eigenvalue weighted by Gasteiger charge is -2.03. The first-order chi connectivity index (χ1) is 9.04. The first-order valence-electron chi connectivity index (χ1n) is 6.12. The van der Waals surface area contributed by atoms with Crippen molar-refractivity contribution in [2.45, 2.75) is 26.7 Å². The van der Waals surface area contributed by atoms with E-state index in [4.69, 9.17) is 0 Å². The lowest BCUT2D eigenvalue weighted by Crippen LogP contribution is -2.03. The van der Waals surface area contributed by atoms with Gasteiger partial charge in [0.15, 0.2) is 0 Å². The van der Waals surface area contributed by atoms with Crippen LogP contribution in [0.5, 0.6) is 0 Å². The molecule has 4 nitrogen and oxygen atoms in total. The number of aromatic carboxylic acids is 1. The molecular weight excluding hydrogens is 247 g/mol. The first kappa shape index (κ1) is 13.3. The molecule has 0 aliphatic heterocycles. The molecule has 0 spiro atoms. The van der Waals surface area contributed by atoms with Crippen molar-refractivity contribution in [1.82, 2.24) is 9.78 Å². The summed E-state index contributed by atoms with van der Waals surface area (Å²) in [6, 6.07) is 5.82. The van der Waals surface area contributed by atoms with Crippen molar-refractivity contribution >= 4 is 5.97 Å². The number of carboxylic acids is 1. The predicted molar refractivity (Wildman–Crippen MR) is 69.2 cm³/mol. The van der Waals surface area contributed by atoms with Crippen molar-refractivity contribution in [2.24, 2.45) is 0 Å². The summed E-state index contributed by atoms with van der Waals surface area (Å²) in [6.07, 6.45) is 1.43. The zero-order valence-electron chi connectivity index (χ0n) is 10.9. The van der Waals surface area contributed by atoms with Gasteiger partial charge in [0.25, 0.3) is 0 Å². The van der Waals surface area contributed by atoms with Crippen LogP contribution in [0.4, 0.5) is 4.39 Å². The van der Waals surface area contributed by atoms with Crippen LogP contribution in [0, 0.1) is 12.7 Å². The first-order valence-corrected chi connectivity index (χ1v) is 6.12. The Morgan fingerprint density at radius 3 is 2.53 bits per heavy atom. The topological polar surface area (TPSA) is 55.1 Å². The summed E-state index contributed by atoms with van der Waals surface area (Å²) >= 11 is 0. The van der Waals surface area contributed by atoms with E-state index in [1.54, 1.807) is 23.7 Å². The van der Waals surface area contributed by atoms with Crippen molar-refractivity contribution < 1.29 is 14.3 Å². The normalized spacial score (nSPS) is 10.7. The summed E-state index contributed by atoms with van der Waals surface area (Å²) in [5.41, 5.74) is 2.02.